The van der Waals surface area contributed by atoms with Crippen molar-refractivity contribution in [2.45, 2.75) is 33.4 Å². The molecule has 27 heavy (non-hydrogen) atoms. The van der Waals surface area contributed by atoms with Gasteiger partial charge in [0.15, 0.2) is 0 Å². The van der Waals surface area contributed by atoms with Gasteiger partial charge < -0.3 is 10.1 Å². The lowest BCUT2D eigenvalue weighted by Gasteiger charge is -2.11. The lowest BCUT2D eigenvalue weighted by Crippen LogP contribution is -2.30. The molecule has 0 atom stereocenters. The average molecular weight is 373 g/mol. The van der Waals surface area contributed by atoms with E-state index in [1.165, 1.54) is 30.3 Å². The molecule has 2 aromatic rings. The summed E-state index contributed by atoms with van der Waals surface area (Å²) in [7, 11) is 0. The highest BCUT2D eigenvalue weighted by atomic mass is 16.6. The van der Waals surface area contributed by atoms with E-state index in [2.05, 4.69) is 5.32 Å². The first-order valence-corrected chi connectivity index (χ1v) is 8.14. The standard InChI is InChI=1S/C18H19N3O6/c1-11(2)27-18(24)13-5-7-14(8-6-13)19-16(22)10-20-12(3)4-9-15(17(20)23)21(25)26/h4-9,11H,10H2,1-3H3,(H,19,22). The van der Waals surface area contributed by atoms with E-state index in [-0.39, 0.29) is 12.6 Å². The molecular formula is C18H19N3O6. The third kappa shape index (κ3) is 5.00. The Bertz CT molecular complexity index is 931. The van der Waals surface area contributed by atoms with Crippen LogP contribution in [0.5, 0.6) is 0 Å². The van der Waals surface area contributed by atoms with Crippen LogP contribution in [-0.2, 0) is 16.1 Å². The van der Waals surface area contributed by atoms with Crippen LogP contribution in [0.15, 0.2) is 41.2 Å². The van der Waals surface area contributed by atoms with Crippen molar-refractivity contribution in [3.63, 3.8) is 0 Å². The van der Waals surface area contributed by atoms with Crippen LogP contribution in [0.2, 0.25) is 0 Å². The van der Waals surface area contributed by atoms with E-state index in [0.717, 1.165) is 10.6 Å². The summed E-state index contributed by atoms with van der Waals surface area (Å²) in [5.41, 5.74) is -0.263. The molecule has 1 heterocycles. The number of hydrogen-bond donors (Lipinski definition) is 1. The molecule has 1 N–H and O–H groups in total. The summed E-state index contributed by atoms with van der Waals surface area (Å²) in [5, 5.41) is 13.4. The molecular weight excluding hydrogens is 354 g/mol. The van der Waals surface area contributed by atoms with E-state index in [1.807, 2.05) is 0 Å². The summed E-state index contributed by atoms with van der Waals surface area (Å²) in [4.78, 5) is 46.2. The van der Waals surface area contributed by atoms with Crippen LogP contribution in [0.25, 0.3) is 0 Å². The predicted octanol–water partition coefficient (Wildman–Crippen LogP) is 2.27. The highest BCUT2D eigenvalue weighted by molar-refractivity contribution is 5.93. The molecule has 0 unspecified atom stereocenters. The molecule has 0 aliphatic heterocycles. The van der Waals surface area contributed by atoms with Crippen molar-refractivity contribution in [1.29, 1.82) is 0 Å². The van der Waals surface area contributed by atoms with Crippen LogP contribution in [0.1, 0.15) is 29.9 Å². The second-order valence-corrected chi connectivity index (χ2v) is 6.09. The quantitative estimate of drug-likeness (QED) is 0.471. The number of pyridine rings is 1. The monoisotopic (exact) mass is 373 g/mol. The van der Waals surface area contributed by atoms with Crippen molar-refractivity contribution in [2.24, 2.45) is 0 Å². The van der Waals surface area contributed by atoms with Crippen molar-refractivity contribution >= 4 is 23.3 Å². The molecule has 0 saturated carbocycles. The van der Waals surface area contributed by atoms with Gasteiger partial charge in [-0.05, 0) is 51.1 Å². The van der Waals surface area contributed by atoms with Gasteiger partial charge in [-0.3, -0.25) is 24.3 Å². The van der Waals surface area contributed by atoms with E-state index < -0.39 is 28.0 Å². The number of nitrogens with one attached hydrogen (secondary N) is 1. The number of amides is 1. The lowest BCUT2D eigenvalue weighted by molar-refractivity contribution is -0.386. The maximum absolute atomic E-state index is 12.2. The molecule has 0 radical (unpaired) electrons. The number of benzene rings is 1. The molecule has 1 amide bonds. The Morgan fingerprint density at radius 3 is 2.37 bits per heavy atom. The fourth-order valence-corrected chi connectivity index (χ4v) is 2.31. The number of nitro groups is 1. The Morgan fingerprint density at radius 2 is 1.81 bits per heavy atom. The maximum Gasteiger partial charge on any atom is 0.338 e. The number of rotatable bonds is 6. The fraction of sp³-hybridized carbons (Fsp3) is 0.278. The Kier molecular flexibility index (Phi) is 6.07. The first kappa shape index (κ1) is 19.8. The first-order valence-electron chi connectivity index (χ1n) is 8.14. The van der Waals surface area contributed by atoms with Crippen LogP contribution in [0.3, 0.4) is 0 Å². The topological polar surface area (TPSA) is 121 Å². The molecule has 1 aromatic heterocycles. The van der Waals surface area contributed by atoms with Crippen molar-refractivity contribution in [3.8, 4) is 0 Å². The first-order chi connectivity index (χ1) is 12.7. The van der Waals surface area contributed by atoms with Crippen molar-refractivity contribution in [3.05, 3.63) is 68.1 Å². The third-order valence-electron chi connectivity index (χ3n) is 3.62. The number of ether oxygens (including phenoxy) is 1. The average Bonchev–Trinajstić information content (AvgIpc) is 2.58. The van der Waals surface area contributed by atoms with E-state index in [0.29, 0.717) is 16.9 Å². The van der Waals surface area contributed by atoms with E-state index in [4.69, 9.17) is 4.74 Å². The summed E-state index contributed by atoms with van der Waals surface area (Å²) in [6.07, 6.45) is -0.242. The van der Waals surface area contributed by atoms with E-state index in [9.17, 15) is 24.5 Å². The number of anilines is 1. The number of aryl methyl sites for hydroxylation is 1. The van der Waals surface area contributed by atoms with Gasteiger partial charge in [-0.2, -0.15) is 0 Å². The molecule has 9 nitrogen and oxygen atoms in total. The molecule has 0 bridgehead atoms. The Labute approximate surface area is 154 Å². The molecule has 0 spiro atoms. The smallest absolute Gasteiger partial charge is 0.338 e. The molecule has 1 aromatic carbocycles. The summed E-state index contributed by atoms with van der Waals surface area (Å²) < 4.78 is 6.10. The van der Waals surface area contributed by atoms with Crippen LogP contribution in [0, 0.1) is 17.0 Å². The molecule has 0 saturated heterocycles. The number of carbonyl (C=O) groups excluding carboxylic acids is 2. The number of hydrogen-bond acceptors (Lipinski definition) is 6. The molecule has 0 aliphatic rings. The Hall–Kier alpha value is -3.49. The summed E-state index contributed by atoms with van der Waals surface area (Å²) in [6.45, 7) is 4.69. The van der Waals surface area contributed by atoms with E-state index >= 15 is 0 Å². The van der Waals surface area contributed by atoms with Gasteiger partial charge in [0, 0.05) is 17.4 Å². The van der Waals surface area contributed by atoms with Gasteiger partial charge in [0.05, 0.1) is 16.6 Å². The highest BCUT2D eigenvalue weighted by Crippen LogP contribution is 2.12. The maximum atomic E-state index is 12.2. The van der Waals surface area contributed by atoms with Gasteiger partial charge in [0.25, 0.3) is 0 Å². The van der Waals surface area contributed by atoms with Gasteiger partial charge in [0.1, 0.15) is 6.54 Å². The van der Waals surface area contributed by atoms with E-state index in [1.54, 1.807) is 20.8 Å². The minimum absolute atomic E-state index is 0.242. The largest absolute Gasteiger partial charge is 0.459 e. The zero-order valence-corrected chi connectivity index (χ0v) is 15.1. The van der Waals surface area contributed by atoms with Crippen LogP contribution < -0.4 is 10.9 Å². The normalized spacial score (nSPS) is 10.5. The summed E-state index contributed by atoms with van der Waals surface area (Å²) >= 11 is 0. The highest BCUT2D eigenvalue weighted by Gasteiger charge is 2.17. The second-order valence-electron chi connectivity index (χ2n) is 6.09. The Morgan fingerprint density at radius 1 is 1.19 bits per heavy atom. The van der Waals surface area contributed by atoms with Crippen molar-refractivity contribution < 1.29 is 19.2 Å². The van der Waals surface area contributed by atoms with Gasteiger partial charge >= 0.3 is 17.2 Å². The number of esters is 1. The molecule has 0 fully saturated rings. The number of aromatic nitrogens is 1. The summed E-state index contributed by atoms with van der Waals surface area (Å²) in [5.74, 6) is -1.00. The van der Waals surface area contributed by atoms with Gasteiger partial charge in [-0.25, -0.2) is 4.79 Å². The third-order valence-corrected chi connectivity index (χ3v) is 3.62. The van der Waals surface area contributed by atoms with Gasteiger partial charge in [-0.1, -0.05) is 0 Å². The molecule has 142 valence electrons. The number of nitrogens with zero attached hydrogens (tertiary/aromatic N) is 2. The van der Waals surface area contributed by atoms with Crippen molar-refractivity contribution in [1.82, 2.24) is 4.57 Å². The number of carbonyl (C=O) groups is 2. The van der Waals surface area contributed by atoms with Crippen LogP contribution >= 0.6 is 0 Å². The Balaban J connectivity index is 2.11. The lowest BCUT2D eigenvalue weighted by atomic mass is 10.2. The minimum Gasteiger partial charge on any atom is -0.459 e. The zero-order valence-electron chi connectivity index (χ0n) is 15.1. The fourth-order valence-electron chi connectivity index (χ4n) is 2.31. The zero-order chi connectivity index (χ0) is 20.1. The van der Waals surface area contributed by atoms with Crippen molar-refractivity contribution in [2.75, 3.05) is 5.32 Å². The molecule has 0 aliphatic carbocycles. The van der Waals surface area contributed by atoms with Gasteiger partial charge in [0.2, 0.25) is 5.91 Å². The van der Waals surface area contributed by atoms with Gasteiger partial charge in [-0.15, -0.1) is 0 Å². The predicted molar refractivity (Wildman–Crippen MR) is 97.7 cm³/mol. The van der Waals surface area contributed by atoms with Crippen LogP contribution in [0.4, 0.5) is 11.4 Å². The van der Waals surface area contributed by atoms with Crippen LogP contribution in [-0.4, -0.2) is 27.5 Å². The molecule has 9 heteroatoms. The SMILES string of the molecule is Cc1ccc([N+](=O)[O-])c(=O)n1CC(=O)Nc1ccc(C(=O)OC(C)C)cc1. The second kappa shape index (κ2) is 8.26. The summed E-state index contributed by atoms with van der Waals surface area (Å²) in [6, 6.07) is 8.58. The molecule has 2 rings (SSSR count). The minimum atomic E-state index is -0.845.